The van der Waals surface area contributed by atoms with E-state index in [1.807, 2.05) is 6.92 Å². The summed E-state index contributed by atoms with van der Waals surface area (Å²) in [5.74, 6) is 0.383. The number of rotatable bonds is 6. The minimum Gasteiger partial charge on any atom is -0.369 e. The molecule has 0 atom stereocenters. The quantitative estimate of drug-likeness (QED) is 0.837. The van der Waals surface area contributed by atoms with E-state index in [-0.39, 0.29) is 10.9 Å². The summed E-state index contributed by atoms with van der Waals surface area (Å²) >= 11 is 3.24. The van der Waals surface area contributed by atoms with Gasteiger partial charge in [0.05, 0.1) is 0 Å². The van der Waals surface area contributed by atoms with Crippen molar-refractivity contribution in [3.05, 3.63) is 16.7 Å². The highest BCUT2D eigenvalue weighted by Crippen LogP contribution is 2.23. The fourth-order valence-electron chi connectivity index (χ4n) is 1.38. The van der Waals surface area contributed by atoms with Crippen LogP contribution in [-0.2, 0) is 10.0 Å². The molecule has 0 saturated carbocycles. The van der Waals surface area contributed by atoms with Crippen molar-refractivity contribution in [1.82, 2.24) is 9.71 Å². The van der Waals surface area contributed by atoms with Crippen molar-refractivity contribution in [1.29, 1.82) is 0 Å². The van der Waals surface area contributed by atoms with Crippen molar-refractivity contribution in [2.45, 2.75) is 38.1 Å². The number of pyridine rings is 1. The second-order valence-electron chi connectivity index (χ2n) is 4.20. The first kappa shape index (κ1) is 15.4. The number of nitrogens with zero attached hydrogens (tertiary/aromatic N) is 1. The maximum absolute atomic E-state index is 12.2. The van der Waals surface area contributed by atoms with Gasteiger partial charge in [-0.25, -0.2) is 18.1 Å². The summed E-state index contributed by atoms with van der Waals surface area (Å²) in [5, 5.41) is 3.02. The highest BCUT2D eigenvalue weighted by Gasteiger charge is 2.20. The van der Waals surface area contributed by atoms with Gasteiger partial charge in [-0.15, -0.1) is 0 Å². The molecule has 0 aliphatic rings. The Morgan fingerprint density at radius 2 is 2.11 bits per heavy atom. The molecule has 0 spiro atoms. The van der Waals surface area contributed by atoms with E-state index in [0.717, 1.165) is 6.42 Å². The lowest BCUT2D eigenvalue weighted by molar-refractivity contribution is 0.569. The van der Waals surface area contributed by atoms with E-state index in [0.29, 0.717) is 16.8 Å². The number of nitrogens with one attached hydrogen (secondary N) is 2. The molecule has 18 heavy (non-hydrogen) atoms. The van der Waals surface area contributed by atoms with Crippen LogP contribution in [0.2, 0.25) is 0 Å². The molecule has 0 fully saturated rings. The zero-order valence-electron chi connectivity index (χ0n) is 10.7. The molecule has 102 valence electrons. The van der Waals surface area contributed by atoms with Crippen LogP contribution in [0.1, 0.15) is 27.2 Å². The number of anilines is 1. The van der Waals surface area contributed by atoms with E-state index in [2.05, 4.69) is 31.0 Å². The molecule has 0 amide bonds. The van der Waals surface area contributed by atoms with Gasteiger partial charge in [0.1, 0.15) is 10.7 Å². The molecule has 1 heterocycles. The summed E-state index contributed by atoms with van der Waals surface area (Å²) in [6.07, 6.45) is 2.47. The van der Waals surface area contributed by atoms with E-state index in [1.165, 1.54) is 0 Å². The van der Waals surface area contributed by atoms with Crippen molar-refractivity contribution in [2.24, 2.45) is 0 Å². The van der Waals surface area contributed by atoms with E-state index in [9.17, 15) is 8.42 Å². The number of hydrogen-bond acceptors (Lipinski definition) is 4. The molecule has 0 aliphatic carbocycles. The molecule has 0 aliphatic heterocycles. The molecule has 0 unspecified atom stereocenters. The van der Waals surface area contributed by atoms with Gasteiger partial charge in [-0.05, 0) is 42.3 Å². The molecule has 1 aromatic heterocycles. The molecule has 0 radical (unpaired) electrons. The van der Waals surface area contributed by atoms with Gasteiger partial charge < -0.3 is 5.32 Å². The second kappa shape index (κ2) is 6.49. The number of halogens is 1. The number of aromatic nitrogens is 1. The lowest BCUT2D eigenvalue weighted by Gasteiger charge is -2.14. The summed E-state index contributed by atoms with van der Waals surface area (Å²) in [4.78, 5) is 4.28. The summed E-state index contributed by atoms with van der Waals surface area (Å²) in [6, 6.07) is 1.39. The van der Waals surface area contributed by atoms with Crippen LogP contribution in [0.25, 0.3) is 0 Å². The Morgan fingerprint density at radius 1 is 1.44 bits per heavy atom. The summed E-state index contributed by atoms with van der Waals surface area (Å²) < 4.78 is 27.5. The van der Waals surface area contributed by atoms with Gasteiger partial charge in [-0.3, -0.25) is 0 Å². The van der Waals surface area contributed by atoms with Crippen molar-refractivity contribution in [3.8, 4) is 0 Å². The molecule has 1 rings (SSSR count). The van der Waals surface area contributed by atoms with Crippen LogP contribution in [0.3, 0.4) is 0 Å². The third-order valence-electron chi connectivity index (χ3n) is 2.04. The standard InChI is InChI=1S/C11H18BrN3O2S/c1-4-5-13-11-10(6-9(12)7-14-11)18(16,17)15-8(2)3/h6-8,15H,4-5H2,1-3H3,(H,13,14). The monoisotopic (exact) mass is 335 g/mol. The molecule has 1 aromatic rings. The minimum atomic E-state index is -3.55. The first-order valence-electron chi connectivity index (χ1n) is 5.78. The Morgan fingerprint density at radius 3 is 2.67 bits per heavy atom. The Labute approximate surface area is 117 Å². The largest absolute Gasteiger partial charge is 0.369 e. The lowest BCUT2D eigenvalue weighted by Crippen LogP contribution is -2.31. The van der Waals surface area contributed by atoms with Crippen LogP contribution < -0.4 is 10.0 Å². The van der Waals surface area contributed by atoms with E-state index >= 15 is 0 Å². The molecular weight excluding hydrogens is 318 g/mol. The van der Waals surface area contributed by atoms with Crippen molar-refractivity contribution in [3.63, 3.8) is 0 Å². The Kier molecular flexibility index (Phi) is 5.55. The average molecular weight is 336 g/mol. The van der Waals surface area contributed by atoms with Gasteiger partial charge in [0.15, 0.2) is 0 Å². The number of sulfonamides is 1. The molecular formula is C11H18BrN3O2S. The normalized spacial score (nSPS) is 11.8. The average Bonchev–Trinajstić information content (AvgIpc) is 2.25. The fraction of sp³-hybridized carbons (Fsp3) is 0.545. The highest BCUT2D eigenvalue weighted by atomic mass is 79.9. The van der Waals surface area contributed by atoms with Gasteiger partial charge in [0.25, 0.3) is 0 Å². The van der Waals surface area contributed by atoms with Crippen molar-refractivity contribution < 1.29 is 8.42 Å². The fourth-order valence-corrected chi connectivity index (χ4v) is 3.27. The molecule has 0 bridgehead atoms. The van der Waals surface area contributed by atoms with Gasteiger partial charge in [-0.1, -0.05) is 6.92 Å². The first-order valence-corrected chi connectivity index (χ1v) is 8.06. The third-order valence-corrected chi connectivity index (χ3v) is 4.15. The Hall–Kier alpha value is -0.660. The SMILES string of the molecule is CCCNc1ncc(Br)cc1S(=O)(=O)NC(C)C. The van der Waals surface area contributed by atoms with Gasteiger partial charge in [-0.2, -0.15) is 0 Å². The number of hydrogen-bond donors (Lipinski definition) is 2. The highest BCUT2D eigenvalue weighted by molar-refractivity contribution is 9.10. The predicted molar refractivity (Wildman–Crippen MR) is 76.2 cm³/mol. The third kappa shape index (κ3) is 4.22. The first-order chi connectivity index (χ1) is 8.36. The van der Waals surface area contributed by atoms with Crippen molar-refractivity contribution in [2.75, 3.05) is 11.9 Å². The molecule has 0 aromatic carbocycles. The van der Waals surface area contributed by atoms with Crippen LogP contribution in [0.4, 0.5) is 5.82 Å². The van der Waals surface area contributed by atoms with Gasteiger partial charge in [0.2, 0.25) is 10.0 Å². The topological polar surface area (TPSA) is 71.1 Å². The summed E-state index contributed by atoms with van der Waals surface area (Å²) in [6.45, 7) is 6.25. The molecule has 2 N–H and O–H groups in total. The molecule has 5 nitrogen and oxygen atoms in total. The van der Waals surface area contributed by atoms with Crippen LogP contribution in [0, 0.1) is 0 Å². The smallest absolute Gasteiger partial charge is 0.244 e. The summed E-state index contributed by atoms with van der Waals surface area (Å²) in [7, 11) is -3.55. The Balaban J connectivity index is 3.16. The summed E-state index contributed by atoms with van der Waals surface area (Å²) in [5.41, 5.74) is 0. The lowest BCUT2D eigenvalue weighted by atomic mass is 10.4. The van der Waals surface area contributed by atoms with Crippen LogP contribution in [0.5, 0.6) is 0 Å². The zero-order chi connectivity index (χ0) is 13.8. The second-order valence-corrected chi connectivity index (χ2v) is 6.80. The van der Waals surface area contributed by atoms with E-state index in [4.69, 9.17) is 0 Å². The van der Waals surface area contributed by atoms with Gasteiger partial charge >= 0.3 is 0 Å². The van der Waals surface area contributed by atoms with Crippen LogP contribution >= 0.6 is 15.9 Å². The van der Waals surface area contributed by atoms with Crippen molar-refractivity contribution >= 4 is 31.8 Å². The molecule has 7 heteroatoms. The molecule has 0 saturated heterocycles. The van der Waals surface area contributed by atoms with Crippen LogP contribution in [0.15, 0.2) is 21.6 Å². The van der Waals surface area contributed by atoms with Crippen LogP contribution in [-0.4, -0.2) is 26.0 Å². The Bertz CT molecular complexity index is 503. The van der Waals surface area contributed by atoms with E-state index in [1.54, 1.807) is 26.1 Å². The minimum absolute atomic E-state index is 0.159. The maximum Gasteiger partial charge on any atom is 0.244 e. The van der Waals surface area contributed by atoms with E-state index < -0.39 is 10.0 Å². The maximum atomic E-state index is 12.2. The zero-order valence-corrected chi connectivity index (χ0v) is 13.1. The predicted octanol–water partition coefficient (Wildman–Crippen LogP) is 2.35. The van der Waals surface area contributed by atoms with Gasteiger partial charge in [0, 0.05) is 23.3 Å².